The molecular formula is C48H85NO8. The molecule has 0 aliphatic carbocycles. The molecule has 0 bridgehead atoms. The maximum Gasteiger partial charge on any atom is 0.220 e. The van der Waals surface area contributed by atoms with Crippen LogP contribution in [0.4, 0.5) is 0 Å². The average Bonchev–Trinajstić information content (AvgIpc) is 3.21. The number of hydrogen-bond acceptors (Lipinski definition) is 8. The van der Waals surface area contributed by atoms with Crippen molar-refractivity contribution in [1.82, 2.24) is 5.32 Å². The number of ether oxygens (including phenoxy) is 2. The minimum Gasteiger partial charge on any atom is -0.394 e. The molecule has 0 spiro atoms. The van der Waals surface area contributed by atoms with Gasteiger partial charge in [-0.25, -0.2) is 0 Å². The molecule has 0 radical (unpaired) electrons. The first-order chi connectivity index (χ1) is 27.8. The Hall–Kier alpha value is -2.11. The van der Waals surface area contributed by atoms with Crippen LogP contribution in [0.2, 0.25) is 0 Å². The van der Waals surface area contributed by atoms with Crippen molar-refractivity contribution in [3.05, 3.63) is 60.8 Å². The number of unbranched alkanes of at least 4 members (excludes halogenated alkanes) is 17. The third kappa shape index (κ3) is 28.9. The Morgan fingerprint density at radius 2 is 1.09 bits per heavy atom. The maximum absolute atomic E-state index is 12.9. The number of nitrogens with one attached hydrogen (secondary N) is 1. The number of allylic oxidation sites excluding steroid dienone is 10. The molecule has 1 rings (SSSR count). The SMILES string of the molecule is CC/C=C\C/C=C\C/C=C\C/C=C\C/C=C\CCCCCCCCCCCCCC(=O)NC(COC1OC(CO)C(O)C(O)C1O)C(O)CCCCCCCCC. The fourth-order valence-corrected chi connectivity index (χ4v) is 6.95. The summed E-state index contributed by atoms with van der Waals surface area (Å²) in [7, 11) is 0. The molecule has 1 amide bonds. The van der Waals surface area contributed by atoms with Gasteiger partial charge in [-0.2, -0.15) is 0 Å². The van der Waals surface area contributed by atoms with Gasteiger partial charge in [-0.05, 0) is 57.8 Å². The molecule has 6 N–H and O–H groups in total. The van der Waals surface area contributed by atoms with E-state index in [1.807, 2.05) is 0 Å². The van der Waals surface area contributed by atoms with Gasteiger partial charge in [0.15, 0.2) is 6.29 Å². The lowest BCUT2D eigenvalue weighted by Gasteiger charge is -2.40. The second-order valence-electron chi connectivity index (χ2n) is 15.8. The molecule has 7 unspecified atom stereocenters. The van der Waals surface area contributed by atoms with Crippen LogP contribution in [0.5, 0.6) is 0 Å². The van der Waals surface area contributed by atoms with Crippen molar-refractivity contribution in [2.45, 2.75) is 224 Å². The summed E-state index contributed by atoms with van der Waals surface area (Å²) in [5.74, 6) is -0.155. The molecule has 7 atom stereocenters. The number of hydrogen-bond donors (Lipinski definition) is 6. The number of amides is 1. The van der Waals surface area contributed by atoms with Crippen LogP contribution in [0.1, 0.15) is 181 Å². The molecular weight excluding hydrogens is 719 g/mol. The molecule has 1 fully saturated rings. The summed E-state index contributed by atoms with van der Waals surface area (Å²) in [6.07, 6.45) is 42.6. The Kier molecular flexibility index (Phi) is 35.4. The fourth-order valence-electron chi connectivity index (χ4n) is 6.95. The lowest BCUT2D eigenvalue weighted by molar-refractivity contribution is -0.302. The highest BCUT2D eigenvalue weighted by molar-refractivity contribution is 5.76. The molecule has 9 heteroatoms. The third-order valence-electron chi connectivity index (χ3n) is 10.6. The van der Waals surface area contributed by atoms with Gasteiger partial charge in [-0.15, -0.1) is 0 Å². The van der Waals surface area contributed by atoms with Gasteiger partial charge in [0, 0.05) is 6.42 Å². The zero-order valence-electron chi connectivity index (χ0n) is 36.1. The Balaban J connectivity index is 2.17. The predicted octanol–water partition coefficient (Wildman–Crippen LogP) is 9.61. The lowest BCUT2D eigenvalue weighted by Crippen LogP contribution is -2.60. The first-order valence-corrected chi connectivity index (χ1v) is 23.0. The second-order valence-corrected chi connectivity index (χ2v) is 15.8. The zero-order chi connectivity index (χ0) is 41.6. The molecule has 330 valence electrons. The van der Waals surface area contributed by atoms with E-state index in [0.29, 0.717) is 12.8 Å². The minimum absolute atomic E-state index is 0.142. The molecule has 0 aromatic carbocycles. The first-order valence-electron chi connectivity index (χ1n) is 23.0. The molecule has 0 aromatic rings. The van der Waals surface area contributed by atoms with Crippen LogP contribution in [0.15, 0.2) is 60.8 Å². The van der Waals surface area contributed by atoms with E-state index in [1.165, 1.54) is 83.5 Å². The molecule has 1 aliphatic rings. The number of carbonyl (C=O) groups is 1. The molecule has 57 heavy (non-hydrogen) atoms. The van der Waals surface area contributed by atoms with Crippen LogP contribution < -0.4 is 5.32 Å². The van der Waals surface area contributed by atoms with E-state index < -0.39 is 49.5 Å². The van der Waals surface area contributed by atoms with Gasteiger partial charge < -0.3 is 40.3 Å². The highest BCUT2D eigenvalue weighted by atomic mass is 16.7. The van der Waals surface area contributed by atoms with Crippen molar-refractivity contribution in [1.29, 1.82) is 0 Å². The van der Waals surface area contributed by atoms with Gasteiger partial charge in [-0.3, -0.25) is 4.79 Å². The van der Waals surface area contributed by atoms with Crippen molar-refractivity contribution >= 4 is 5.91 Å². The summed E-state index contributed by atoms with van der Waals surface area (Å²) < 4.78 is 11.2. The molecule has 0 aromatic heterocycles. The van der Waals surface area contributed by atoms with Crippen molar-refractivity contribution in [3.8, 4) is 0 Å². The Morgan fingerprint density at radius 3 is 1.61 bits per heavy atom. The quantitative estimate of drug-likeness (QED) is 0.0269. The van der Waals surface area contributed by atoms with Gasteiger partial charge >= 0.3 is 0 Å². The van der Waals surface area contributed by atoms with Crippen LogP contribution in [0.3, 0.4) is 0 Å². The third-order valence-corrected chi connectivity index (χ3v) is 10.6. The van der Waals surface area contributed by atoms with E-state index in [9.17, 15) is 30.3 Å². The van der Waals surface area contributed by atoms with Crippen LogP contribution in [-0.2, 0) is 14.3 Å². The number of carbonyl (C=O) groups excluding carboxylic acids is 1. The summed E-state index contributed by atoms with van der Waals surface area (Å²) in [4.78, 5) is 12.9. The van der Waals surface area contributed by atoms with E-state index in [0.717, 1.165) is 70.6 Å². The van der Waals surface area contributed by atoms with Crippen LogP contribution in [-0.4, -0.2) is 87.5 Å². The van der Waals surface area contributed by atoms with Crippen molar-refractivity contribution in [2.75, 3.05) is 13.2 Å². The van der Waals surface area contributed by atoms with Gasteiger partial charge in [0.1, 0.15) is 24.4 Å². The zero-order valence-corrected chi connectivity index (χ0v) is 36.1. The van der Waals surface area contributed by atoms with Crippen LogP contribution >= 0.6 is 0 Å². The maximum atomic E-state index is 12.9. The van der Waals surface area contributed by atoms with Gasteiger partial charge in [0.2, 0.25) is 5.91 Å². The normalized spacial score (nSPS) is 21.6. The van der Waals surface area contributed by atoms with E-state index in [2.05, 4.69) is 79.9 Å². The number of rotatable bonds is 37. The fraction of sp³-hybridized carbons (Fsp3) is 0.771. The van der Waals surface area contributed by atoms with Crippen LogP contribution in [0.25, 0.3) is 0 Å². The molecule has 1 saturated heterocycles. The standard InChI is InChI=1S/C48H85NO8/c1-3-5-7-9-11-12-13-14-15-16-17-18-19-20-21-22-23-24-25-26-27-28-29-30-32-34-36-38-44(52)49-41(42(51)37-35-33-31-10-8-6-4-2)40-56-48-47(55)46(54)45(53)43(39-50)57-48/h5,7,11-12,14-15,17-18,20-21,41-43,45-48,50-51,53-55H,3-4,6,8-10,13,16,19,22-40H2,1-2H3,(H,49,52)/b7-5-,12-11-,15-14-,18-17-,21-20-. The van der Waals surface area contributed by atoms with Gasteiger partial charge in [0.25, 0.3) is 0 Å². The summed E-state index contributed by atoms with van der Waals surface area (Å²) in [5, 5.41) is 54.0. The molecule has 1 heterocycles. The lowest BCUT2D eigenvalue weighted by atomic mass is 9.99. The summed E-state index contributed by atoms with van der Waals surface area (Å²) >= 11 is 0. The topological polar surface area (TPSA) is 149 Å². The first kappa shape index (κ1) is 52.9. The van der Waals surface area contributed by atoms with Crippen molar-refractivity contribution < 1.29 is 39.8 Å². The van der Waals surface area contributed by atoms with E-state index in [4.69, 9.17) is 9.47 Å². The Morgan fingerprint density at radius 1 is 0.614 bits per heavy atom. The predicted molar refractivity (Wildman–Crippen MR) is 235 cm³/mol. The summed E-state index contributed by atoms with van der Waals surface area (Å²) in [5.41, 5.74) is 0. The summed E-state index contributed by atoms with van der Waals surface area (Å²) in [6.45, 7) is 3.65. The highest BCUT2D eigenvalue weighted by Crippen LogP contribution is 2.23. The minimum atomic E-state index is -1.55. The highest BCUT2D eigenvalue weighted by Gasteiger charge is 2.44. The monoisotopic (exact) mass is 804 g/mol. The largest absolute Gasteiger partial charge is 0.394 e. The Labute approximate surface area is 347 Å². The van der Waals surface area contributed by atoms with Gasteiger partial charge in [0.05, 0.1) is 25.4 Å². The van der Waals surface area contributed by atoms with Gasteiger partial charge in [-0.1, -0.05) is 177 Å². The van der Waals surface area contributed by atoms with Crippen molar-refractivity contribution in [2.24, 2.45) is 0 Å². The second kappa shape index (κ2) is 38.1. The molecule has 1 aliphatic heterocycles. The smallest absolute Gasteiger partial charge is 0.220 e. The van der Waals surface area contributed by atoms with E-state index >= 15 is 0 Å². The average molecular weight is 804 g/mol. The number of aliphatic hydroxyl groups is 5. The molecule has 0 saturated carbocycles. The van der Waals surface area contributed by atoms with Crippen LogP contribution in [0, 0.1) is 0 Å². The van der Waals surface area contributed by atoms with Crippen molar-refractivity contribution in [3.63, 3.8) is 0 Å². The Bertz CT molecular complexity index is 1070. The number of aliphatic hydroxyl groups excluding tert-OH is 5. The van der Waals surface area contributed by atoms with E-state index in [-0.39, 0.29) is 12.5 Å². The molecule has 9 nitrogen and oxygen atoms in total. The summed E-state index contributed by atoms with van der Waals surface area (Å²) in [6, 6.07) is -0.719. The van der Waals surface area contributed by atoms with E-state index in [1.54, 1.807) is 0 Å².